The Kier molecular flexibility index (Phi) is 3.15. The fourth-order valence-electron chi connectivity index (χ4n) is 2.68. The summed E-state index contributed by atoms with van der Waals surface area (Å²) in [6.07, 6.45) is 12.1. The smallest absolute Gasteiger partial charge is 0.0951 e. The van der Waals surface area contributed by atoms with Crippen LogP contribution in [-0.4, -0.2) is 25.6 Å². The Hall–Kier alpha value is -1.62. The topological polar surface area (TPSA) is 47.7 Å². The van der Waals surface area contributed by atoms with Crippen molar-refractivity contribution >= 4 is 0 Å². The maximum Gasteiger partial charge on any atom is 0.0951 e. The summed E-state index contributed by atoms with van der Waals surface area (Å²) in [7, 11) is 0. The molecule has 0 aliphatic carbocycles. The number of hydrogen-bond donors (Lipinski definition) is 1. The van der Waals surface area contributed by atoms with E-state index in [9.17, 15) is 0 Å². The quantitative estimate of drug-likeness (QED) is 0.893. The summed E-state index contributed by atoms with van der Waals surface area (Å²) in [4.78, 5) is 8.40. The van der Waals surface area contributed by atoms with E-state index in [4.69, 9.17) is 0 Å². The minimum Gasteiger partial charge on any atom is -0.335 e. The monoisotopic (exact) mass is 245 g/mol. The fourth-order valence-corrected chi connectivity index (χ4v) is 2.68. The summed E-state index contributed by atoms with van der Waals surface area (Å²) >= 11 is 0. The van der Waals surface area contributed by atoms with Crippen molar-refractivity contribution < 1.29 is 0 Å². The van der Waals surface area contributed by atoms with Gasteiger partial charge in [-0.2, -0.15) is 0 Å². The van der Waals surface area contributed by atoms with Crippen LogP contribution in [0.1, 0.15) is 37.5 Å². The molecule has 2 atom stereocenters. The van der Waals surface area contributed by atoms with E-state index in [2.05, 4.69) is 31.3 Å². The van der Waals surface area contributed by atoms with E-state index < -0.39 is 0 Å². The molecule has 1 N–H and O–H groups in total. The number of nitrogens with one attached hydrogen (secondary N) is 1. The minimum absolute atomic E-state index is 0.388. The third-order valence-corrected chi connectivity index (χ3v) is 3.62. The molecule has 5 heteroatoms. The Morgan fingerprint density at radius 2 is 2.39 bits per heavy atom. The number of hydrogen-bond acceptors (Lipinski definition) is 3. The van der Waals surface area contributed by atoms with Crippen LogP contribution in [0.5, 0.6) is 0 Å². The SMILES string of the molecule is CC(Cn1ccnc1)n1cncc1C1CCCN1. The second kappa shape index (κ2) is 4.94. The van der Waals surface area contributed by atoms with E-state index in [1.54, 1.807) is 0 Å². The van der Waals surface area contributed by atoms with Crippen molar-refractivity contribution in [2.24, 2.45) is 0 Å². The maximum atomic E-state index is 4.32. The van der Waals surface area contributed by atoms with Gasteiger partial charge in [-0.1, -0.05) is 0 Å². The zero-order valence-electron chi connectivity index (χ0n) is 10.7. The van der Waals surface area contributed by atoms with Gasteiger partial charge >= 0.3 is 0 Å². The average molecular weight is 245 g/mol. The van der Waals surface area contributed by atoms with Gasteiger partial charge in [0, 0.05) is 37.2 Å². The first kappa shape index (κ1) is 11.5. The van der Waals surface area contributed by atoms with E-state index in [1.807, 2.05) is 31.2 Å². The molecule has 0 aromatic carbocycles. The number of imidazole rings is 2. The van der Waals surface area contributed by atoms with E-state index in [0.29, 0.717) is 12.1 Å². The van der Waals surface area contributed by atoms with Crippen LogP contribution in [0, 0.1) is 0 Å². The second-order valence-electron chi connectivity index (χ2n) is 4.98. The minimum atomic E-state index is 0.388. The Balaban J connectivity index is 1.77. The number of aromatic nitrogens is 4. The lowest BCUT2D eigenvalue weighted by atomic mass is 10.1. The third-order valence-electron chi connectivity index (χ3n) is 3.62. The fraction of sp³-hybridized carbons (Fsp3) is 0.538. The van der Waals surface area contributed by atoms with E-state index >= 15 is 0 Å². The van der Waals surface area contributed by atoms with Crippen molar-refractivity contribution in [3.8, 4) is 0 Å². The first-order chi connectivity index (χ1) is 8.84. The predicted molar refractivity (Wildman–Crippen MR) is 69.1 cm³/mol. The van der Waals surface area contributed by atoms with Crippen LogP contribution in [0.25, 0.3) is 0 Å². The van der Waals surface area contributed by atoms with Crippen molar-refractivity contribution in [3.05, 3.63) is 36.9 Å². The molecular formula is C13H19N5. The molecule has 96 valence electrons. The van der Waals surface area contributed by atoms with Crippen molar-refractivity contribution in [1.29, 1.82) is 0 Å². The molecule has 2 aromatic heterocycles. The highest BCUT2D eigenvalue weighted by atomic mass is 15.1. The molecule has 5 nitrogen and oxygen atoms in total. The first-order valence-electron chi connectivity index (χ1n) is 6.55. The molecule has 3 rings (SSSR count). The molecule has 2 unspecified atom stereocenters. The molecule has 1 aliphatic heterocycles. The van der Waals surface area contributed by atoms with Crippen LogP contribution in [-0.2, 0) is 6.54 Å². The maximum absolute atomic E-state index is 4.32. The standard InChI is InChI=1S/C13H19N5/c1-11(8-17-6-5-14-9-17)18-10-15-7-13(18)12-3-2-4-16-12/h5-7,9-12,16H,2-4,8H2,1H3. The Morgan fingerprint density at radius 3 is 3.11 bits per heavy atom. The molecule has 2 aromatic rings. The summed E-state index contributed by atoms with van der Waals surface area (Å²) in [5.74, 6) is 0. The van der Waals surface area contributed by atoms with Gasteiger partial charge in [0.1, 0.15) is 0 Å². The summed E-state index contributed by atoms with van der Waals surface area (Å²) in [5.41, 5.74) is 1.31. The first-order valence-corrected chi connectivity index (χ1v) is 6.55. The van der Waals surface area contributed by atoms with Crippen molar-refractivity contribution in [1.82, 2.24) is 24.4 Å². The lowest BCUT2D eigenvalue weighted by Crippen LogP contribution is -2.20. The van der Waals surface area contributed by atoms with Crippen LogP contribution in [0.2, 0.25) is 0 Å². The van der Waals surface area contributed by atoms with Gasteiger partial charge in [-0.15, -0.1) is 0 Å². The lowest BCUT2D eigenvalue weighted by molar-refractivity contribution is 0.434. The van der Waals surface area contributed by atoms with Gasteiger partial charge in [-0.3, -0.25) is 0 Å². The summed E-state index contributed by atoms with van der Waals surface area (Å²) < 4.78 is 4.39. The van der Waals surface area contributed by atoms with Gasteiger partial charge in [0.05, 0.1) is 18.3 Å². The highest BCUT2D eigenvalue weighted by molar-refractivity contribution is 5.08. The van der Waals surface area contributed by atoms with Crippen LogP contribution in [0.3, 0.4) is 0 Å². The third kappa shape index (κ3) is 2.18. The van der Waals surface area contributed by atoms with Crippen molar-refractivity contribution in [2.45, 2.75) is 38.4 Å². The molecule has 3 heterocycles. The van der Waals surface area contributed by atoms with E-state index in [0.717, 1.165) is 13.1 Å². The predicted octanol–water partition coefficient (Wildman–Crippen LogP) is 1.77. The molecule has 1 saturated heterocycles. The lowest BCUT2D eigenvalue weighted by Gasteiger charge is -2.20. The van der Waals surface area contributed by atoms with Crippen molar-refractivity contribution in [2.75, 3.05) is 6.54 Å². The Morgan fingerprint density at radius 1 is 1.44 bits per heavy atom. The normalized spacial score (nSPS) is 21.3. The molecular weight excluding hydrogens is 226 g/mol. The van der Waals surface area contributed by atoms with Gasteiger partial charge in [-0.05, 0) is 26.3 Å². The average Bonchev–Trinajstić information content (AvgIpc) is 3.11. The van der Waals surface area contributed by atoms with Gasteiger partial charge in [0.15, 0.2) is 0 Å². The summed E-state index contributed by atoms with van der Waals surface area (Å²) in [5, 5.41) is 3.53. The summed E-state index contributed by atoms with van der Waals surface area (Å²) in [6.45, 7) is 4.27. The highest BCUT2D eigenvalue weighted by Crippen LogP contribution is 2.25. The number of nitrogens with zero attached hydrogens (tertiary/aromatic N) is 4. The van der Waals surface area contributed by atoms with Crippen molar-refractivity contribution in [3.63, 3.8) is 0 Å². The van der Waals surface area contributed by atoms with Gasteiger partial charge < -0.3 is 14.5 Å². The highest BCUT2D eigenvalue weighted by Gasteiger charge is 2.21. The van der Waals surface area contributed by atoms with Crippen LogP contribution < -0.4 is 5.32 Å². The molecule has 1 fully saturated rings. The van der Waals surface area contributed by atoms with Gasteiger partial charge in [0.25, 0.3) is 0 Å². The van der Waals surface area contributed by atoms with E-state index in [-0.39, 0.29) is 0 Å². The van der Waals surface area contributed by atoms with Gasteiger partial charge in [-0.25, -0.2) is 9.97 Å². The largest absolute Gasteiger partial charge is 0.335 e. The Bertz CT molecular complexity index is 481. The Labute approximate surface area is 107 Å². The molecule has 1 aliphatic rings. The van der Waals surface area contributed by atoms with E-state index in [1.165, 1.54) is 18.5 Å². The molecule has 0 bridgehead atoms. The molecule has 0 spiro atoms. The van der Waals surface area contributed by atoms with Crippen LogP contribution in [0.15, 0.2) is 31.2 Å². The zero-order valence-corrected chi connectivity index (χ0v) is 10.7. The molecule has 0 saturated carbocycles. The zero-order chi connectivity index (χ0) is 12.4. The molecule has 0 amide bonds. The summed E-state index contributed by atoms with van der Waals surface area (Å²) in [6, 6.07) is 0.858. The second-order valence-corrected chi connectivity index (χ2v) is 4.98. The van der Waals surface area contributed by atoms with Crippen LogP contribution >= 0.6 is 0 Å². The number of rotatable bonds is 4. The molecule has 0 radical (unpaired) electrons. The van der Waals surface area contributed by atoms with Gasteiger partial charge in [0.2, 0.25) is 0 Å². The van der Waals surface area contributed by atoms with Crippen LogP contribution in [0.4, 0.5) is 0 Å². The molecule has 18 heavy (non-hydrogen) atoms.